The fourth-order valence-electron chi connectivity index (χ4n) is 3.17. The Hall–Kier alpha value is -2.63. The van der Waals surface area contributed by atoms with Crippen LogP contribution in [0.3, 0.4) is 0 Å². The van der Waals surface area contributed by atoms with Crippen molar-refractivity contribution < 1.29 is 14.3 Å². The minimum absolute atomic E-state index is 0.178. The van der Waals surface area contributed by atoms with Gasteiger partial charge in [-0.25, -0.2) is 4.79 Å². The van der Waals surface area contributed by atoms with Gasteiger partial charge in [-0.1, -0.05) is 50.1 Å². The zero-order valence-electron chi connectivity index (χ0n) is 14.3. The van der Waals surface area contributed by atoms with E-state index in [-0.39, 0.29) is 24.2 Å². The number of carbonyl (C=O) groups is 2. The van der Waals surface area contributed by atoms with E-state index in [1.165, 1.54) is 6.42 Å². The lowest BCUT2D eigenvalue weighted by Gasteiger charge is -2.29. The number of carbonyl (C=O) groups excluding carboxylic acids is 2. The molecule has 0 saturated heterocycles. The number of nitrogens with one attached hydrogen (secondary N) is 2. The predicted molar refractivity (Wildman–Crippen MR) is 93.9 cm³/mol. The van der Waals surface area contributed by atoms with Gasteiger partial charge in [0, 0.05) is 11.6 Å². The van der Waals surface area contributed by atoms with Crippen molar-refractivity contribution in [2.75, 3.05) is 6.61 Å². The summed E-state index contributed by atoms with van der Waals surface area (Å²) in [5.41, 5.74) is 1.80. The molecule has 1 fully saturated rings. The van der Waals surface area contributed by atoms with E-state index in [0.717, 1.165) is 24.8 Å². The maximum atomic E-state index is 12.1. The van der Waals surface area contributed by atoms with Crippen molar-refractivity contribution in [1.82, 2.24) is 15.5 Å². The van der Waals surface area contributed by atoms with E-state index in [4.69, 9.17) is 4.74 Å². The molecule has 0 spiro atoms. The second-order valence-corrected chi connectivity index (χ2v) is 6.54. The Labute approximate surface area is 147 Å². The Balaban J connectivity index is 1.51. The number of amides is 1. The zero-order valence-corrected chi connectivity index (χ0v) is 14.3. The first-order chi connectivity index (χ1) is 12.1. The zero-order chi connectivity index (χ0) is 17.6. The molecule has 6 heteroatoms. The van der Waals surface area contributed by atoms with Gasteiger partial charge in [0.05, 0.1) is 5.69 Å². The number of aromatic amines is 1. The summed E-state index contributed by atoms with van der Waals surface area (Å²) in [4.78, 5) is 24.1. The summed E-state index contributed by atoms with van der Waals surface area (Å²) >= 11 is 0. The highest BCUT2D eigenvalue weighted by Gasteiger charge is 2.23. The third-order valence-electron chi connectivity index (χ3n) is 4.66. The Bertz CT molecular complexity index is 727. The number of benzene rings is 1. The highest BCUT2D eigenvalue weighted by atomic mass is 16.5. The highest BCUT2D eigenvalue weighted by Crippen LogP contribution is 2.23. The molecule has 0 unspecified atom stereocenters. The number of aromatic nitrogens is 2. The van der Waals surface area contributed by atoms with E-state index in [1.54, 1.807) is 6.07 Å². The predicted octanol–water partition coefficient (Wildman–Crippen LogP) is 2.93. The van der Waals surface area contributed by atoms with Crippen LogP contribution in [0.15, 0.2) is 36.4 Å². The number of rotatable bonds is 5. The summed E-state index contributed by atoms with van der Waals surface area (Å²) in [5.74, 6) is -0.370. The SMILES string of the molecule is C[C@H]1CCCC[C@H]1NC(=O)COC(=O)c1cc(-c2ccccc2)n[nH]1. The largest absolute Gasteiger partial charge is 0.451 e. The highest BCUT2D eigenvalue weighted by molar-refractivity contribution is 5.90. The average molecular weight is 341 g/mol. The van der Waals surface area contributed by atoms with Gasteiger partial charge in [0.15, 0.2) is 6.61 Å². The van der Waals surface area contributed by atoms with E-state index >= 15 is 0 Å². The van der Waals surface area contributed by atoms with Crippen molar-refractivity contribution in [3.63, 3.8) is 0 Å². The van der Waals surface area contributed by atoms with Crippen molar-refractivity contribution in [3.8, 4) is 11.3 Å². The third-order valence-corrected chi connectivity index (χ3v) is 4.66. The van der Waals surface area contributed by atoms with Gasteiger partial charge < -0.3 is 10.1 Å². The van der Waals surface area contributed by atoms with Crippen molar-refractivity contribution in [1.29, 1.82) is 0 Å². The van der Waals surface area contributed by atoms with E-state index in [0.29, 0.717) is 11.6 Å². The molecular formula is C19H23N3O3. The van der Waals surface area contributed by atoms with Crippen LogP contribution in [0, 0.1) is 5.92 Å². The van der Waals surface area contributed by atoms with Crippen molar-refractivity contribution >= 4 is 11.9 Å². The van der Waals surface area contributed by atoms with Crippen LogP contribution in [-0.4, -0.2) is 34.7 Å². The molecule has 132 valence electrons. The number of esters is 1. The lowest BCUT2D eigenvalue weighted by Crippen LogP contribution is -2.42. The molecule has 0 radical (unpaired) electrons. The van der Waals surface area contributed by atoms with Gasteiger partial charge in [-0.05, 0) is 24.8 Å². The summed E-state index contributed by atoms with van der Waals surface area (Å²) in [6.45, 7) is 1.87. The normalized spacial score (nSPS) is 20.0. The third kappa shape index (κ3) is 4.47. The van der Waals surface area contributed by atoms with Gasteiger partial charge in [-0.3, -0.25) is 9.89 Å². The Morgan fingerprint density at radius 1 is 1.24 bits per heavy atom. The number of hydrogen-bond donors (Lipinski definition) is 2. The van der Waals surface area contributed by atoms with Gasteiger partial charge in [-0.15, -0.1) is 0 Å². The topological polar surface area (TPSA) is 84.1 Å². The number of H-pyrrole nitrogens is 1. The van der Waals surface area contributed by atoms with Crippen LogP contribution < -0.4 is 5.32 Å². The van der Waals surface area contributed by atoms with Crippen molar-refractivity contribution in [3.05, 3.63) is 42.1 Å². The minimum Gasteiger partial charge on any atom is -0.451 e. The fourth-order valence-corrected chi connectivity index (χ4v) is 3.17. The number of ether oxygens (including phenoxy) is 1. The maximum absolute atomic E-state index is 12.1. The van der Waals surface area contributed by atoms with E-state index < -0.39 is 5.97 Å². The summed E-state index contributed by atoms with van der Waals surface area (Å²) in [7, 11) is 0. The molecule has 2 atom stereocenters. The lowest BCUT2D eigenvalue weighted by atomic mass is 9.86. The van der Waals surface area contributed by atoms with E-state index in [1.807, 2.05) is 30.3 Å². The summed E-state index contributed by atoms with van der Waals surface area (Å²) in [6, 6.07) is 11.3. The van der Waals surface area contributed by atoms with Gasteiger partial charge >= 0.3 is 5.97 Å². The molecule has 1 heterocycles. The fraction of sp³-hybridized carbons (Fsp3) is 0.421. The lowest BCUT2D eigenvalue weighted by molar-refractivity contribution is -0.125. The van der Waals surface area contributed by atoms with Crippen LogP contribution >= 0.6 is 0 Å². The molecule has 1 saturated carbocycles. The minimum atomic E-state index is -0.582. The summed E-state index contributed by atoms with van der Waals surface area (Å²) < 4.78 is 5.09. The average Bonchev–Trinajstić information content (AvgIpc) is 3.13. The van der Waals surface area contributed by atoms with Crippen LogP contribution in [0.4, 0.5) is 0 Å². The Morgan fingerprint density at radius 3 is 2.76 bits per heavy atom. The number of hydrogen-bond acceptors (Lipinski definition) is 4. The first kappa shape index (κ1) is 17.2. The smallest absolute Gasteiger partial charge is 0.356 e. The van der Waals surface area contributed by atoms with Crippen LogP contribution in [0.1, 0.15) is 43.1 Å². The Morgan fingerprint density at radius 2 is 2.00 bits per heavy atom. The molecule has 1 aromatic carbocycles. The first-order valence-corrected chi connectivity index (χ1v) is 8.71. The van der Waals surface area contributed by atoms with Crippen molar-refractivity contribution in [2.24, 2.45) is 5.92 Å². The van der Waals surface area contributed by atoms with Gasteiger partial charge in [0.2, 0.25) is 0 Å². The molecule has 0 bridgehead atoms. The second kappa shape index (κ2) is 7.96. The monoisotopic (exact) mass is 341 g/mol. The molecule has 1 aliphatic carbocycles. The molecule has 1 aromatic heterocycles. The Kier molecular flexibility index (Phi) is 5.48. The van der Waals surface area contributed by atoms with E-state index in [9.17, 15) is 9.59 Å². The molecule has 1 amide bonds. The van der Waals surface area contributed by atoms with Gasteiger partial charge in [-0.2, -0.15) is 5.10 Å². The molecule has 2 aromatic rings. The standard InChI is InChI=1S/C19H23N3O3/c1-13-7-5-6-10-15(13)20-18(23)12-25-19(24)17-11-16(21-22-17)14-8-3-2-4-9-14/h2-4,8-9,11,13,15H,5-7,10,12H2,1H3,(H,20,23)(H,21,22)/t13-,15+/m0/s1. The second-order valence-electron chi connectivity index (χ2n) is 6.54. The summed E-state index contributed by atoms with van der Waals surface area (Å²) in [6.07, 6.45) is 4.46. The molecule has 1 aliphatic rings. The van der Waals surface area contributed by atoms with Gasteiger partial charge in [0.1, 0.15) is 5.69 Å². The van der Waals surface area contributed by atoms with Crippen LogP contribution in [0.5, 0.6) is 0 Å². The van der Waals surface area contributed by atoms with E-state index in [2.05, 4.69) is 22.4 Å². The molecule has 6 nitrogen and oxygen atoms in total. The van der Waals surface area contributed by atoms with Crippen LogP contribution in [0.25, 0.3) is 11.3 Å². The first-order valence-electron chi connectivity index (χ1n) is 8.71. The van der Waals surface area contributed by atoms with Crippen molar-refractivity contribution in [2.45, 2.75) is 38.6 Å². The molecule has 25 heavy (non-hydrogen) atoms. The maximum Gasteiger partial charge on any atom is 0.356 e. The molecule has 0 aliphatic heterocycles. The number of nitrogens with zero attached hydrogens (tertiary/aromatic N) is 1. The molecule has 2 N–H and O–H groups in total. The molecular weight excluding hydrogens is 318 g/mol. The summed E-state index contributed by atoms with van der Waals surface area (Å²) in [5, 5.41) is 9.74. The quantitative estimate of drug-likeness (QED) is 0.819. The van der Waals surface area contributed by atoms with Gasteiger partial charge in [0.25, 0.3) is 5.91 Å². The molecule has 3 rings (SSSR count). The van der Waals surface area contributed by atoms with Crippen LogP contribution in [0.2, 0.25) is 0 Å². The van der Waals surface area contributed by atoms with Crippen LogP contribution in [-0.2, 0) is 9.53 Å².